The zero-order chi connectivity index (χ0) is 20.6. The lowest BCUT2D eigenvalue weighted by molar-refractivity contribution is 0.0980. The molecule has 1 N–H and O–H groups in total. The molecule has 0 saturated carbocycles. The average Bonchev–Trinajstić information content (AvgIpc) is 2.83. The van der Waals surface area contributed by atoms with Crippen molar-refractivity contribution in [3.8, 4) is 0 Å². The summed E-state index contributed by atoms with van der Waals surface area (Å²) < 4.78 is 0. The summed E-state index contributed by atoms with van der Waals surface area (Å²) in [6.45, 7) is 0.976. The van der Waals surface area contributed by atoms with Crippen LogP contribution in [0.3, 0.4) is 0 Å². The molecule has 0 atom stereocenters. The zero-order valence-corrected chi connectivity index (χ0v) is 16.3. The molecule has 0 aliphatic carbocycles. The van der Waals surface area contributed by atoms with Crippen LogP contribution in [-0.2, 0) is 13.1 Å². The van der Waals surface area contributed by atoms with E-state index < -0.39 is 0 Å². The molecule has 4 rings (SSSR count). The molecule has 30 heavy (non-hydrogen) atoms. The number of rotatable bonds is 7. The number of amides is 1. The Morgan fingerprint density at radius 2 is 1.57 bits per heavy atom. The maximum Gasteiger partial charge on any atom is 0.277 e. The molecule has 6 heteroatoms. The van der Waals surface area contributed by atoms with Gasteiger partial charge in [0.2, 0.25) is 5.95 Å². The van der Waals surface area contributed by atoms with Crippen molar-refractivity contribution >= 4 is 17.5 Å². The Morgan fingerprint density at radius 1 is 0.833 bits per heavy atom. The third-order valence-corrected chi connectivity index (χ3v) is 4.54. The fourth-order valence-corrected chi connectivity index (χ4v) is 3.04. The lowest BCUT2D eigenvalue weighted by Crippen LogP contribution is -2.31. The van der Waals surface area contributed by atoms with E-state index in [2.05, 4.69) is 20.3 Å². The summed E-state index contributed by atoms with van der Waals surface area (Å²) in [6, 6.07) is 25.0. The monoisotopic (exact) mass is 395 g/mol. The predicted octanol–water partition coefficient (Wildman–Crippen LogP) is 4.33. The van der Waals surface area contributed by atoms with Gasteiger partial charge in [0.25, 0.3) is 5.91 Å². The van der Waals surface area contributed by atoms with Crippen LogP contribution in [0, 0.1) is 0 Å². The molecule has 2 heterocycles. The summed E-state index contributed by atoms with van der Waals surface area (Å²) in [5.74, 6) is 0.217. The van der Waals surface area contributed by atoms with E-state index in [0.29, 0.717) is 24.7 Å². The van der Waals surface area contributed by atoms with Crippen LogP contribution < -0.4 is 10.2 Å². The number of carbonyl (C=O) groups excluding carboxylic acids is 1. The zero-order valence-electron chi connectivity index (χ0n) is 16.3. The van der Waals surface area contributed by atoms with Crippen molar-refractivity contribution in [2.75, 3.05) is 10.2 Å². The number of para-hydroxylation sites is 1. The lowest BCUT2D eigenvalue weighted by atomic mass is 10.2. The summed E-state index contributed by atoms with van der Waals surface area (Å²) in [6.07, 6.45) is 5.10. The molecule has 0 aliphatic heterocycles. The van der Waals surface area contributed by atoms with Crippen LogP contribution in [0.2, 0.25) is 0 Å². The summed E-state index contributed by atoms with van der Waals surface area (Å²) in [7, 11) is 0. The number of hydrogen-bond acceptors (Lipinski definition) is 5. The quantitative estimate of drug-likeness (QED) is 0.504. The Bertz CT molecular complexity index is 1090. The summed E-state index contributed by atoms with van der Waals surface area (Å²) in [4.78, 5) is 27.9. The second kappa shape index (κ2) is 9.43. The Labute approximate surface area is 175 Å². The molecule has 1 amide bonds. The number of nitrogens with zero attached hydrogens (tertiary/aromatic N) is 4. The van der Waals surface area contributed by atoms with E-state index in [0.717, 1.165) is 16.8 Å². The fraction of sp³-hybridized carbons (Fsp3) is 0.0833. The first-order valence-corrected chi connectivity index (χ1v) is 9.66. The number of pyridine rings is 1. The third-order valence-electron chi connectivity index (χ3n) is 4.54. The molecule has 0 spiro atoms. The van der Waals surface area contributed by atoms with Crippen molar-refractivity contribution in [2.45, 2.75) is 13.1 Å². The SMILES string of the molecule is O=C(c1ccnc(NCc2cccnc2)n1)N(Cc1ccccc1)c1ccccc1. The lowest BCUT2D eigenvalue weighted by Gasteiger charge is -2.23. The fourth-order valence-electron chi connectivity index (χ4n) is 3.04. The number of benzene rings is 2. The van der Waals surface area contributed by atoms with Gasteiger partial charge >= 0.3 is 0 Å². The standard InChI is InChI=1S/C24H21N5O/c30-23(22-13-15-26-24(28-22)27-17-20-10-7-14-25-16-20)29(21-11-5-2-6-12-21)18-19-8-3-1-4-9-19/h1-16H,17-18H2,(H,26,27,28). The molecule has 0 unspecified atom stereocenters. The van der Waals surface area contributed by atoms with Gasteiger partial charge in [-0.3, -0.25) is 9.78 Å². The van der Waals surface area contributed by atoms with Gasteiger partial charge < -0.3 is 10.2 Å². The first kappa shape index (κ1) is 19.3. The number of carbonyl (C=O) groups is 1. The number of anilines is 2. The molecule has 2 aromatic carbocycles. The van der Waals surface area contributed by atoms with E-state index in [9.17, 15) is 4.79 Å². The first-order chi connectivity index (χ1) is 14.8. The Morgan fingerprint density at radius 3 is 2.30 bits per heavy atom. The van der Waals surface area contributed by atoms with Gasteiger partial charge in [-0.25, -0.2) is 9.97 Å². The van der Waals surface area contributed by atoms with E-state index in [-0.39, 0.29) is 5.91 Å². The number of nitrogens with one attached hydrogen (secondary N) is 1. The topological polar surface area (TPSA) is 71.0 Å². The predicted molar refractivity (Wildman–Crippen MR) is 117 cm³/mol. The first-order valence-electron chi connectivity index (χ1n) is 9.66. The van der Waals surface area contributed by atoms with E-state index >= 15 is 0 Å². The van der Waals surface area contributed by atoms with Crippen LogP contribution in [0.15, 0.2) is 97.5 Å². The van der Waals surface area contributed by atoms with Crippen molar-refractivity contribution in [1.82, 2.24) is 15.0 Å². The van der Waals surface area contributed by atoms with Crippen molar-refractivity contribution in [2.24, 2.45) is 0 Å². The Kier molecular flexibility index (Phi) is 6.05. The highest BCUT2D eigenvalue weighted by Crippen LogP contribution is 2.20. The molecule has 0 bridgehead atoms. The van der Waals surface area contributed by atoms with Gasteiger partial charge in [0.15, 0.2) is 0 Å². The highest BCUT2D eigenvalue weighted by atomic mass is 16.2. The van der Waals surface area contributed by atoms with Crippen molar-refractivity contribution in [3.63, 3.8) is 0 Å². The molecule has 6 nitrogen and oxygen atoms in total. The maximum atomic E-state index is 13.4. The van der Waals surface area contributed by atoms with Gasteiger partial charge in [0.1, 0.15) is 5.69 Å². The van der Waals surface area contributed by atoms with E-state index in [1.54, 1.807) is 29.6 Å². The van der Waals surface area contributed by atoms with E-state index in [1.807, 2.05) is 72.8 Å². The molecule has 0 fully saturated rings. The molecule has 0 radical (unpaired) electrons. The van der Waals surface area contributed by atoms with Crippen LogP contribution in [0.5, 0.6) is 0 Å². The van der Waals surface area contributed by atoms with Gasteiger partial charge in [0.05, 0.1) is 6.54 Å². The van der Waals surface area contributed by atoms with Crippen LogP contribution in [0.1, 0.15) is 21.6 Å². The molecule has 4 aromatic rings. The molecule has 0 saturated heterocycles. The second-order valence-electron chi connectivity index (χ2n) is 6.69. The minimum absolute atomic E-state index is 0.183. The van der Waals surface area contributed by atoms with Crippen LogP contribution >= 0.6 is 0 Å². The van der Waals surface area contributed by atoms with E-state index in [4.69, 9.17) is 0 Å². The number of aromatic nitrogens is 3. The van der Waals surface area contributed by atoms with Crippen LogP contribution in [-0.4, -0.2) is 20.9 Å². The summed E-state index contributed by atoms with van der Waals surface area (Å²) >= 11 is 0. The second-order valence-corrected chi connectivity index (χ2v) is 6.69. The van der Waals surface area contributed by atoms with Crippen molar-refractivity contribution in [1.29, 1.82) is 0 Å². The van der Waals surface area contributed by atoms with Gasteiger partial charge in [-0.05, 0) is 35.4 Å². The third kappa shape index (κ3) is 4.86. The Balaban J connectivity index is 1.56. The van der Waals surface area contributed by atoms with Gasteiger partial charge in [-0.1, -0.05) is 54.6 Å². The summed E-state index contributed by atoms with van der Waals surface area (Å²) in [5, 5.41) is 3.15. The maximum absolute atomic E-state index is 13.4. The molecule has 0 aliphatic rings. The van der Waals surface area contributed by atoms with Gasteiger partial charge in [-0.2, -0.15) is 0 Å². The highest BCUT2D eigenvalue weighted by molar-refractivity contribution is 6.04. The minimum Gasteiger partial charge on any atom is -0.350 e. The number of hydrogen-bond donors (Lipinski definition) is 1. The average molecular weight is 395 g/mol. The molecular formula is C24H21N5O. The van der Waals surface area contributed by atoms with E-state index in [1.165, 1.54) is 0 Å². The summed E-state index contributed by atoms with van der Waals surface area (Å²) in [5.41, 5.74) is 3.19. The molecular weight excluding hydrogens is 374 g/mol. The smallest absolute Gasteiger partial charge is 0.277 e. The van der Waals surface area contributed by atoms with Crippen LogP contribution in [0.25, 0.3) is 0 Å². The normalized spacial score (nSPS) is 10.4. The highest BCUT2D eigenvalue weighted by Gasteiger charge is 2.20. The van der Waals surface area contributed by atoms with Crippen LogP contribution in [0.4, 0.5) is 11.6 Å². The van der Waals surface area contributed by atoms with Crippen molar-refractivity contribution < 1.29 is 4.79 Å². The minimum atomic E-state index is -0.183. The molecule has 2 aromatic heterocycles. The van der Waals surface area contributed by atoms with Gasteiger partial charge in [-0.15, -0.1) is 0 Å². The largest absolute Gasteiger partial charge is 0.350 e. The van der Waals surface area contributed by atoms with Gasteiger partial charge in [0, 0.05) is 30.8 Å². The van der Waals surface area contributed by atoms with Crippen molar-refractivity contribution in [3.05, 3.63) is 114 Å². The molecule has 148 valence electrons. The Hall–Kier alpha value is -4.06.